The van der Waals surface area contributed by atoms with Crippen LogP contribution >= 0.6 is 0 Å². The average molecular weight is 304 g/mol. The molecule has 0 aliphatic heterocycles. The molecule has 1 aromatic carbocycles. The molecule has 0 N–H and O–H groups in total. The van der Waals surface area contributed by atoms with Gasteiger partial charge in [0.2, 0.25) is 0 Å². The van der Waals surface area contributed by atoms with E-state index in [0.29, 0.717) is 0 Å². The van der Waals surface area contributed by atoms with E-state index in [1.165, 1.54) is 12.1 Å². The van der Waals surface area contributed by atoms with Crippen LogP contribution in [-0.4, -0.2) is 17.7 Å². The Morgan fingerprint density at radius 1 is 1.24 bits per heavy atom. The number of benzene rings is 1. The van der Waals surface area contributed by atoms with Crippen molar-refractivity contribution in [3.8, 4) is 5.75 Å². The zero-order valence-electron chi connectivity index (χ0n) is 12.5. The number of ether oxygens (including phenoxy) is 2. The quantitative estimate of drug-likeness (QED) is 0.782. The van der Waals surface area contributed by atoms with Crippen molar-refractivity contribution in [3.05, 3.63) is 29.8 Å². The Hall–Kier alpha value is -1.72. The summed E-state index contributed by atoms with van der Waals surface area (Å²) < 4.78 is 48.2. The van der Waals surface area contributed by atoms with Gasteiger partial charge in [-0.05, 0) is 45.9 Å². The first-order chi connectivity index (χ1) is 9.47. The lowest BCUT2D eigenvalue weighted by Gasteiger charge is -2.21. The highest BCUT2D eigenvalue weighted by Gasteiger charge is 2.30. The van der Waals surface area contributed by atoms with Crippen molar-refractivity contribution >= 4 is 5.97 Å². The summed E-state index contributed by atoms with van der Waals surface area (Å²) >= 11 is 0. The second kappa shape index (κ2) is 6.37. The Kier molecular flexibility index (Phi) is 5.25. The van der Waals surface area contributed by atoms with Gasteiger partial charge in [-0.3, -0.25) is 4.79 Å². The maximum absolute atomic E-state index is 12.6. The first-order valence-corrected chi connectivity index (χ1v) is 6.53. The van der Waals surface area contributed by atoms with Crippen LogP contribution < -0.4 is 4.74 Å². The molecule has 0 saturated carbocycles. The summed E-state index contributed by atoms with van der Waals surface area (Å²) in [5.74, 6) is -0.386. The molecule has 3 nitrogen and oxygen atoms in total. The van der Waals surface area contributed by atoms with Crippen molar-refractivity contribution in [2.75, 3.05) is 0 Å². The van der Waals surface area contributed by atoms with E-state index in [-0.39, 0.29) is 12.2 Å². The molecule has 1 aromatic rings. The van der Waals surface area contributed by atoms with Crippen LogP contribution in [0.15, 0.2) is 24.3 Å². The molecule has 0 aliphatic carbocycles. The van der Waals surface area contributed by atoms with Gasteiger partial charge < -0.3 is 9.47 Å². The predicted molar refractivity (Wildman–Crippen MR) is 72.0 cm³/mol. The summed E-state index contributed by atoms with van der Waals surface area (Å²) in [5, 5.41) is 0. The average Bonchev–Trinajstić information content (AvgIpc) is 2.24. The van der Waals surface area contributed by atoms with E-state index in [0.717, 1.165) is 12.1 Å². The summed E-state index contributed by atoms with van der Waals surface area (Å²) in [6.07, 6.45) is -5.04. The molecule has 0 aromatic heterocycles. The second-order valence-corrected chi connectivity index (χ2v) is 5.74. The molecule has 0 radical (unpaired) electrons. The van der Waals surface area contributed by atoms with Gasteiger partial charge in [0.25, 0.3) is 0 Å². The maximum Gasteiger partial charge on any atom is 0.416 e. The fourth-order valence-electron chi connectivity index (χ4n) is 1.64. The maximum atomic E-state index is 12.6. The molecule has 118 valence electrons. The van der Waals surface area contributed by atoms with Gasteiger partial charge in [-0.1, -0.05) is 6.07 Å². The lowest BCUT2D eigenvalue weighted by Crippen LogP contribution is -2.27. The largest absolute Gasteiger partial charge is 0.490 e. The van der Waals surface area contributed by atoms with E-state index < -0.39 is 29.4 Å². The van der Waals surface area contributed by atoms with Crippen molar-refractivity contribution in [2.45, 2.75) is 52.0 Å². The van der Waals surface area contributed by atoms with Gasteiger partial charge in [-0.15, -0.1) is 0 Å². The fraction of sp³-hybridized carbons (Fsp3) is 0.533. The van der Waals surface area contributed by atoms with Crippen molar-refractivity contribution in [2.24, 2.45) is 0 Å². The lowest BCUT2D eigenvalue weighted by atomic mass is 10.2. The van der Waals surface area contributed by atoms with Gasteiger partial charge in [-0.25, -0.2) is 0 Å². The third-order valence-electron chi connectivity index (χ3n) is 2.37. The van der Waals surface area contributed by atoms with Gasteiger partial charge in [0.1, 0.15) is 17.5 Å². The van der Waals surface area contributed by atoms with E-state index in [2.05, 4.69) is 0 Å². The summed E-state index contributed by atoms with van der Waals surface area (Å²) in [6, 6.07) is 4.55. The minimum Gasteiger partial charge on any atom is -0.490 e. The molecule has 21 heavy (non-hydrogen) atoms. The number of hydrogen-bond acceptors (Lipinski definition) is 3. The Bertz CT molecular complexity index is 490. The highest BCUT2D eigenvalue weighted by atomic mass is 19.4. The number of halogens is 3. The predicted octanol–water partition coefficient (Wildman–Crippen LogP) is 4.20. The van der Waals surface area contributed by atoms with E-state index in [1.807, 2.05) is 0 Å². The second-order valence-electron chi connectivity index (χ2n) is 5.74. The number of carbonyl (C=O) groups is 1. The third kappa shape index (κ3) is 6.51. The topological polar surface area (TPSA) is 35.5 Å². The Labute approximate surface area is 122 Å². The van der Waals surface area contributed by atoms with E-state index in [1.54, 1.807) is 27.7 Å². The van der Waals surface area contributed by atoms with E-state index in [4.69, 9.17) is 9.47 Å². The molecule has 0 aliphatic rings. The van der Waals surface area contributed by atoms with Crippen molar-refractivity contribution in [3.63, 3.8) is 0 Å². The van der Waals surface area contributed by atoms with Gasteiger partial charge in [0, 0.05) is 0 Å². The molecule has 0 saturated heterocycles. The molecular formula is C15H19F3O3. The van der Waals surface area contributed by atoms with Gasteiger partial charge in [-0.2, -0.15) is 13.2 Å². The molecule has 0 amide bonds. The Morgan fingerprint density at radius 2 is 1.86 bits per heavy atom. The standard InChI is InChI=1S/C15H19F3O3/c1-10(8-13(19)21-14(2,3)4)20-12-7-5-6-11(9-12)15(16,17)18/h5-7,9-10H,8H2,1-4H3/t10-/m1/s1. The Morgan fingerprint density at radius 3 is 2.38 bits per heavy atom. The number of carbonyl (C=O) groups excluding carboxylic acids is 1. The zero-order chi connectivity index (χ0) is 16.3. The summed E-state index contributed by atoms with van der Waals surface area (Å²) in [6.45, 7) is 6.82. The lowest BCUT2D eigenvalue weighted by molar-refractivity contribution is -0.156. The molecule has 6 heteroatoms. The van der Waals surface area contributed by atoms with Crippen LogP contribution in [0.3, 0.4) is 0 Å². The van der Waals surface area contributed by atoms with Gasteiger partial charge in [0.05, 0.1) is 12.0 Å². The highest BCUT2D eigenvalue weighted by Crippen LogP contribution is 2.31. The highest BCUT2D eigenvalue weighted by molar-refractivity contribution is 5.70. The minimum atomic E-state index is -4.42. The summed E-state index contributed by atoms with van der Waals surface area (Å²) in [5.41, 5.74) is -1.39. The molecule has 0 fully saturated rings. The fourth-order valence-corrected chi connectivity index (χ4v) is 1.64. The SMILES string of the molecule is C[C@H](CC(=O)OC(C)(C)C)Oc1cccc(C(F)(F)F)c1. The van der Waals surface area contributed by atoms with E-state index >= 15 is 0 Å². The van der Waals surface area contributed by atoms with Gasteiger partial charge in [0.15, 0.2) is 0 Å². The summed E-state index contributed by atoms with van der Waals surface area (Å²) in [4.78, 5) is 11.6. The van der Waals surface area contributed by atoms with Crippen LogP contribution in [0.5, 0.6) is 5.75 Å². The number of rotatable bonds is 4. The monoisotopic (exact) mass is 304 g/mol. The third-order valence-corrected chi connectivity index (χ3v) is 2.37. The van der Waals surface area contributed by atoms with Crippen LogP contribution in [-0.2, 0) is 15.7 Å². The molecule has 0 unspecified atom stereocenters. The van der Waals surface area contributed by atoms with E-state index in [9.17, 15) is 18.0 Å². The number of esters is 1. The molecule has 0 bridgehead atoms. The van der Waals surface area contributed by atoms with Crippen LogP contribution in [0.25, 0.3) is 0 Å². The van der Waals surface area contributed by atoms with Crippen molar-refractivity contribution in [1.82, 2.24) is 0 Å². The normalized spacial score (nSPS) is 13.7. The van der Waals surface area contributed by atoms with Crippen molar-refractivity contribution < 1.29 is 27.4 Å². The molecular weight excluding hydrogens is 285 g/mol. The molecule has 0 spiro atoms. The summed E-state index contributed by atoms with van der Waals surface area (Å²) in [7, 11) is 0. The first kappa shape index (κ1) is 17.3. The van der Waals surface area contributed by atoms with Crippen molar-refractivity contribution in [1.29, 1.82) is 0 Å². The zero-order valence-corrected chi connectivity index (χ0v) is 12.5. The van der Waals surface area contributed by atoms with Crippen LogP contribution in [0, 0.1) is 0 Å². The minimum absolute atomic E-state index is 0.0342. The molecule has 1 atom stereocenters. The number of hydrogen-bond donors (Lipinski definition) is 0. The first-order valence-electron chi connectivity index (χ1n) is 6.53. The van der Waals surface area contributed by atoms with Crippen LogP contribution in [0.2, 0.25) is 0 Å². The molecule has 0 heterocycles. The van der Waals surface area contributed by atoms with Crippen LogP contribution in [0.1, 0.15) is 39.7 Å². The van der Waals surface area contributed by atoms with Gasteiger partial charge >= 0.3 is 12.1 Å². The van der Waals surface area contributed by atoms with Crippen LogP contribution in [0.4, 0.5) is 13.2 Å². The molecule has 1 rings (SSSR count). The Balaban J connectivity index is 2.63. The number of alkyl halides is 3. The smallest absolute Gasteiger partial charge is 0.416 e.